The molecule has 0 fully saturated rings. The third-order valence-corrected chi connectivity index (χ3v) is 264. The molecule has 0 spiro atoms. The average molecular weight is 676 g/mol. The van der Waals surface area contributed by atoms with Crippen molar-refractivity contribution in [1.29, 1.82) is 0 Å². The fourth-order valence-electron chi connectivity index (χ4n) is 9.12. The molecule has 34 heavy (non-hydrogen) atoms. The lowest BCUT2D eigenvalue weighted by Crippen LogP contribution is -2.83. The summed E-state index contributed by atoms with van der Waals surface area (Å²) in [6, 6.07) is 0. The molecule has 0 aromatic heterocycles. The van der Waals surface area contributed by atoms with Crippen molar-refractivity contribution < 1.29 is 0 Å². The van der Waals surface area contributed by atoms with Gasteiger partial charge in [0.1, 0.15) is 0 Å². The monoisotopic (exact) mass is 674 g/mol. The van der Waals surface area contributed by atoms with Crippen LogP contribution in [-0.4, -0.2) is 72.7 Å². The predicted molar refractivity (Wildman–Crippen MR) is 203 cm³/mol. The molecule has 2 unspecified atom stereocenters. The molecule has 2 atom stereocenters. The molecule has 0 aromatic carbocycles. The zero-order valence-electron chi connectivity index (χ0n) is 28.0. The van der Waals surface area contributed by atoms with Gasteiger partial charge in [0.25, 0.3) is 0 Å². The van der Waals surface area contributed by atoms with Crippen molar-refractivity contribution in [2.45, 2.75) is 144 Å². The maximum absolute atomic E-state index is 2.98. The average Bonchev–Trinajstić information content (AvgIpc) is 2.42. The molecule has 0 aromatic rings. The van der Waals surface area contributed by atoms with Gasteiger partial charge >= 0.3 is 0 Å². The van der Waals surface area contributed by atoms with E-state index in [1.165, 1.54) is 15.4 Å². The summed E-state index contributed by atoms with van der Waals surface area (Å²) < 4.78 is 0. The van der Waals surface area contributed by atoms with Gasteiger partial charge in [0.05, 0.1) is 27.1 Å². The first kappa shape index (κ1) is 37.0. The Morgan fingerprint density at radius 1 is 0.235 bits per heavy atom. The van der Waals surface area contributed by atoms with E-state index in [9.17, 15) is 0 Å². The minimum atomic E-state index is -1.30. The number of rotatable bonds is 11. The van der Waals surface area contributed by atoms with Gasteiger partial charge in [-0.3, -0.25) is 0 Å². The maximum atomic E-state index is 2.98. The minimum absolute atomic E-state index is 1.19. The molecule has 0 aliphatic heterocycles. The Kier molecular flexibility index (Phi) is 11.4. The zero-order chi connectivity index (χ0) is 28.4. The highest BCUT2D eigenvalue weighted by Crippen LogP contribution is 2.61. The molecule has 0 heterocycles. The summed E-state index contributed by atoms with van der Waals surface area (Å²) in [5, 5.41) is 0. The van der Waals surface area contributed by atoms with Crippen molar-refractivity contribution in [3.63, 3.8) is 0 Å². The quantitative estimate of drug-likeness (QED) is 0.151. The Labute approximate surface area is 230 Å². The van der Waals surface area contributed by atoms with Crippen LogP contribution in [-0.2, 0) is 0 Å². The van der Waals surface area contributed by atoms with E-state index in [4.69, 9.17) is 0 Å². The Morgan fingerprint density at radius 3 is 0.441 bits per heavy atom. The van der Waals surface area contributed by atoms with Gasteiger partial charge in [-0.1, -0.05) is 144 Å². The highest BCUT2D eigenvalue weighted by Gasteiger charge is 2.67. The lowest BCUT2D eigenvalue weighted by Gasteiger charge is -2.64. The molecule has 0 bridgehead atoms. The van der Waals surface area contributed by atoms with Crippen LogP contribution in [0.1, 0.15) is 0 Å². The van der Waals surface area contributed by atoms with Gasteiger partial charge in [0, 0.05) is 45.5 Å². The normalized spacial score (nSPS) is 17.5. The van der Waals surface area contributed by atoms with Gasteiger partial charge in [-0.25, -0.2) is 0 Å². The first-order valence-electron chi connectivity index (χ1n) is 13.8. The molecule has 0 amide bonds. The lowest BCUT2D eigenvalue weighted by atomic mass is 11.8. The molecule has 0 N–H and O–H groups in total. The highest BCUT2D eigenvalue weighted by molar-refractivity contribution is 8.45. The molecule has 12 heteroatoms. The van der Waals surface area contributed by atoms with Crippen LogP contribution in [0.15, 0.2) is 0 Å². The third-order valence-electron chi connectivity index (χ3n) is 9.31. The molecular weight excluding hydrogens is 607 g/mol. The molecule has 0 saturated carbocycles. The summed E-state index contributed by atoms with van der Waals surface area (Å²) in [6.07, 6.45) is -2.53. The van der Waals surface area contributed by atoms with Gasteiger partial charge in [-0.2, -0.15) is 15.4 Å². The number of hydrogen-bond donors (Lipinski definition) is 0. The Bertz CT molecular complexity index is 575. The summed E-state index contributed by atoms with van der Waals surface area (Å²) >= 11 is 0. The van der Waals surface area contributed by atoms with Gasteiger partial charge in [0.2, 0.25) is 0 Å². The smallest absolute Gasteiger partial charge is 0.0647 e. The van der Waals surface area contributed by atoms with Gasteiger partial charge in [0.15, 0.2) is 0 Å². The fraction of sp³-hybridized carbons (Fsp3) is 1.00. The van der Waals surface area contributed by atoms with Crippen LogP contribution in [0.5, 0.6) is 0 Å². The van der Waals surface area contributed by atoms with Crippen LogP contribution in [0.4, 0.5) is 0 Å². The summed E-state index contributed by atoms with van der Waals surface area (Å²) in [5.41, 5.74) is 0. The van der Waals surface area contributed by atoms with Crippen molar-refractivity contribution in [3.05, 3.63) is 0 Å². The molecule has 0 rings (SSSR count). The Hall–Kier alpha value is 3.03. The predicted octanol–water partition coefficient (Wildman–Crippen LogP) is 10.2. The van der Waals surface area contributed by atoms with E-state index in [1.807, 2.05) is 0 Å². The summed E-state index contributed by atoms with van der Waals surface area (Å²) in [5.74, 6) is 0. The van der Waals surface area contributed by atoms with E-state index in [0.717, 1.165) is 0 Å². The fourth-order valence-corrected chi connectivity index (χ4v) is 415. The van der Waals surface area contributed by atoms with Crippen LogP contribution >= 0.6 is 15.4 Å². The molecular formula is C22H68P2Si10. The number of hydrogen-bond acceptors (Lipinski definition) is 0. The van der Waals surface area contributed by atoms with Crippen LogP contribution in [0.2, 0.25) is 144 Å². The van der Waals surface area contributed by atoms with Crippen molar-refractivity contribution in [2.75, 3.05) is 0 Å². The largest absolute Gasteiger partial charge is 0.153 e. The van der Waals surface area contributed by atoms with Gasteiger partial charge in [-0.15, -0.1) is 0 Å². The lowest BCUT2D eigenvalue weighted by molar-refractivity contribution is 1.76. The first-order chi connectivity index (χ1) is 14.2. The Morgan fingerprint density at radius 2 is 0.353 bits per heavy atom. The van der Waals surface area contributed by atoms with Crippen molar-refractivity contribution in [3.8, 4) is 0 Å². The molecule has 0 radical (unpaired) electrons. The van der Waals surface area contributed by atoms with Crippen LogP contribution in [0.3, 0.4) is 0 Å². The van der Waals surface area contributed by atoms with Crippen LogP contribution < -0.4 is 0 Å². The molecule has 0 nitrogen and oxygen atoms in total. The molecule has 206 valence electrons. The van der Waals surface area contributed by atoms with Crippen molar-refractivity contribution in [1.82, 2.24) is 0 Å². The molecule has 0 saturated heterocycles. The van der Waals surface area contributed by atoms with Gasteiger partial charge < -0.3 is 0 Å². The van der Waals surface area contributed by atoms with Crippen molar-refractivity contribution >= 4 is 88.0 Å². The second-order valence-electron chi connectivity index (χ2n) is 18.5. The van der Waals surface area contributed by atoms with E-state index >= 15 is 0 Å². The third kappa shape index (κ3) is 6.66. The first-order valence-corrected chi connectivity index (χ1v) is 57.8. The van der Waals surface area contributed by atoms with E-state index in [1.54, 1.807) is 0 Å². The van der Waals surface area contributed by atoms with Crippen molar-refractivity contribution in [2.24, 2.45) is 0 Å². The van der Waals surface area contributed by atoms with Crippen LogP contribution in [0, 0.1) is 0 Å². The van der Waals surface area contributed by atoms with E-state index in [0.29, 0.717) is 0 Å². The van der Waals surface area contributed by atoms with E-state index < -0.39 is 72.7 Å². The second-order valence-corrected chi connectivity index (χ2v) is 142. The SMILES string of the molecule is C[Si](C)(C)[Si](P[Si](C)(C)[Si](C)(C)P[Si]([Si](C)(C)C)([Si](C)(C)C)[Si](C)(C)C)([Si](C)(C)C)[Si](C)(C)C. The summed E-state index contributed by atoms with van der Waals surface area (Å²) in [7, 11) is -6.82. The summed E-state index contributed by atoms with van der Waals surface area (Å²) in [6.45, 7) is 63.1. The topological polar surface area (TPSA) is 0 Å². The second kappa shape index (κ2) is 10.5. The maximum Gasteiger partial charge on any atom is 0.0647 e. The molecule has 0 aliphatic carbocycles. The summed E-state index contributed by atoms with van der Waals surface area (Å²) in [4.78, 5) is 0. The standard InChI is InChI=1S/C22H68P2Si10/c1-25(2,3)33(26(4,5)6,27(7,8)9)23-31(19,20)32(21,22)24-34(28(10,11)12,29(13,14)15)30(16,17)18/h23-24H,1-22H3. The van der Waals surface area contributed by atoms with Gasteiger partial charge in [-0.05, 0) is 0 Å². The highest BCUT2D eigenvalue weighted by atomic mass is 31.7. The zero-order valence-corrected chi connectivity index (χ0v) is 40.0. The minimum Gasteiger partial charge on any atom is -0.153 e. The Balaban J connectivity index is 7.18. The molecule has 0 aliphatic rings. The van der Waals surface area contributed by atoms with Crippen LogP contribution in [0.25, 0.3) is 0 Å². The van der Waals surface area contributed by atoms with E-state index in [2.05, 4.69) is 144 Å². The van der Waals surface area contributed by atoms with E-state index in [-0.39, 0.29) is 0 Å².